The van der Waals surface area contributed by atoms with Gasteiger partial charge in [0.1, 0.15) is 0 Å². The van der Waals surface area contributed by atoms with Crippen LogP contribution in [0.5, 0.6) is 0 Å². The molecule has 1 heteroatoms. The van der Waals surface area contributed by atoms with Gasteiger partial charge in [-0.15, -0.1) is 0 Å². The van der Waals surface area contributed by atoms with Gasteiger partial charge < -0.3 is 4.90 Å². The van der Waals surface area contributed by atoms with Crippen molar-refractivity contribution in [2.24, 2.45) is 0 Å². The summed E-state index contributed by atoms with van der Waals surface area (Å²) in [5.41, 5.74) is 9.12. The zero-order valence-electron chi connectivity index (χ0n) is 43.8. The van der Waals surface area contributed by atoms with Gasteiger partial charge in [-0.3, -0.25) is 0 Å². The lowest BCUT2D eigenvalue weighted by Gasteiger charge is -2.34. The third kappa shape index (κ3) is 6.73. The van der Waals surface area contributed by atoms with E-state index in [9.17, 15) is 11.0 Å². The number of hydrogen-bond acceptors (Lipinski definition) is 1. The lowest BCUT2D eigenvalue weighted by atomic mass is 9.68. The van der Waals surface area contributed by atoms with Crippen LogP contribution in [-0.4, -0.2) is 0 Å². The van der Waals surface area contributed by atoms with Gasteiger partial charge in [0, 0.05) is 16.9 Å². The molecule has 0 saturated heterocycles. The average molecular weight is 848 g/mol. The molecule has 0 aliphatic heterocycles. The normalized spacial score (nSPS) is 14.1. The second-order valence-electron chi connectivity index (χ2n) is 16.6. The second-order valence-corrected chi connectivity index (χ2v) is 16.6. The minimum absolute atomic E-state index is 0.0929. The molecule has 310 valence electrons. The second kappa shape index (κ2) is 16.6. The van der Waals surface area contributed by atoms with Crippen LogP contribution >= 0.6 is 0 Å². The van der Waals surface area contributed by atoms with E-state index in [0.29, 0.717) is 22.4 Å². The molecule has 0 bridgehead atoms. The standard InChI is InChI=1S/C65H45N/c1-4-17-46(18-5-1)51-21-14-22-52(43-51)48-35-39-58(40-36-48)66(59-41-37-49(38-42-59)53-23-15-24-54(44-53)55-34-33-47-19-10-11-20-50(47)45-55)63-32-16-31-62-64(63)60-29-12-13-30-61(60)65(62,56-25-6-2-7-26-56)57-27-8-3-9-28-57/h1-45H/i35D,36D,37D,38D,39D,40D,41D,42D. The molecule has 0 unspecified atom stereocenters. The molecule has 0 N–H and O–H groups in total. The van der Waals surface area contributed by atoms with E-state index < -0.39 is 29.6 Å². The Labute approximate surface area is 398 Å². The first kappa shape index (κ1) is 31.3. The van der Waals surface area contributed by atoms with Crippen molar-refractivity contribution < 1.29 is 11.0 Å². The first-order valence-corrected chi connectivity index (χ1v) is 22.2. The van der Waals surface area contributed by atoms with Crippen molar-refractivity contribution in [2.45, 2.75) is 5.41 Å². The van der Waals surface area contributed by atoms with Gasteiger partial charge in [0.15, 0.2) is 0 Å². The van der Waals surface area contributed by atoms with E-state index in [0.717, 1.165) is 60.8 Å². The van der Waals surface area contributed by atoms with E-state index in [1.165, 1.54) is 4.90 Å². The minimum Gasteiger partial charge on any atom is -0.310 e. The highest BCUT2D eigenvalue weighted by molar-refractivity contribution is 5.98. The van der Waals surface area contributed by atoms with Crippen molar-refractivity contribution in [1.82, 2.24) is 0 Å². The van der Waals surface area contributed by atoms with Crippen LogP contribution in [0, 0.1) is 0 Å². The molecule has 66 heavy (non-hydrogen) atoms. The Morgan fingerprint density at radius 2 is 0.742 bits per heavy atom. The van der Waals surface area contributed by atoms with E-state index in [1.54, 1.807) is 12.1 Å². The van der Waals surface area contributed by atoms with Crippen molar-refractivity contribution in [1.29, 1.82) is 0 Å². The predicted molar refractivity (Wildman–Crippen MR) is 278 cm³/mol. The van der Waals surface area contributed by atoms with Gasteiger partial charge in [-0.1, -0.05) is 224 Å². The number of anilines is 3. The van der Waals surface area contributed by atoms with Crippen molar-refractivity contribution >= 4 is 27.8 Å². The number of fused-ring (bicyclic) bond motifs is 4. The van der Waals surface area contributed by atoms with Crippen molar-refractivity contribution in [2.75, 3.05) is 4.90 Å². The monoisotopic (exact) mass is 847 g/mol. The molecule has 11 aromatic rings. The van der Waals surface area contributed by atoms with E-state index in [-0.39, 0.29) is 46.7 Å². The Kier molecular flexibility index (Phi) is 7.86. The minimum atomic E-state index is -0.882. The number of hydrogen-bond donors (Lipinski definition) is 0. The molecular weight excluding hydrogens is 795 g/mol. The molecule has 12 rings (SSSR count). The summed E-state index contributed by atoms with van der Waals surface area (Å²) in [5, 5.41) is 2.16. The average Bonchev–Trinajstić information content (AvgIpc) is 3.82. The van der Waals surface area contributed by atoms with E-state index in [4.69, 9.17) is 0 Å². The topological polar surface area (TPSA) is 3.24 Å². The Hall–Kier alpha value is -8.52. The van der Waals surface area contributed by atoms with Gasteiger partial charge in [0.25, 0.3) is 0 Å². The molecule has 1 aliphatic rings. The SMILES string of the molecule is [2H]c1c([2H])c(N(c2cccc3c2-c2ccccc2C3(c2ccccc2)c2ccccc2)c2c([2H])c([2H])c(-c3cccc(-c4ccc5ccccc5c4)c3)c([2H])c2[2H])c([2H])c([2H])c1-c1cccc(-c2ccccc2)c1. The summed E-state index contributed by atoms with van der Waals surface area (Å²) in [6, 6.07) is 70.3. The molecule has 0 saturated carbocycles. The van der Waals surface area contributed by atoms with Gasteiger partial charge in [0.2, 0.25) is 0 Å². The van der Waals surface area contributed by atoms with Crippen molar-refractivity contribution in [3.63, 3.8) is 0 Å². The van der Waals surface area contributed by atoms with Gasteiger partial charge in [0.05, 0.1) is 22.1 Å². The summed E-state index contributed by atoms with van der Waals surface area (Å²) in [5.74, 6) is 0. The first-order chi connectivity index (χ1) is 36.1. The van der Waals surface area contributed by atoms with Gasteiger partial charge in [-0.2, -0.15) is 0 Å². The van der Waals surface area contributed by atoms with Gasteiger partial charge in [-0.05, 0) is 132 Å². The zero-order valence-corrected chi connectivity index (χ0v) is 35.8. The summed E-state index contributed by atoms with van der Waals surface area (Å²) >= 11 is 0. The first-order valence-electron chi connectivity index (χ1n) is 26.2. The molecule has 0 amide bonds. The lowest BCUT2D eigenvalue weighted by molar-refractivity contribution is 0.768. The molecule has 0 radical (unpaired) electrons. The Balaban J connectivity index is 1.13. The molecule has 0 spiro atoms. The van der Waals surface area contributed by atoms with E-state index in [1.807, 2.05) is 152 Å². The Bertz CT molecular complexity index is 3910. The van der Waals surface area contributed by atoms with Gasteiger partial charge in [-0.25, -0.2) is 0 Å². The number of rotatable bonds is 9. The smallest absolute Gasteiger partial charge is 0.0714 e. The van der Waals surface area contributed by atoms with E-state index in [2.05, 4.69) is 60.7 Å². The summed E-state index contributed by atoms with van der Waals surface area (Å²) in [6.45, 7) is 0. The van der Waals surface area contributed by atoms with Crippen LogP contribution in [0.2, 0.25) is 0 Å². The maximum absolute atomic E-state index is 10.0. The maximum atomic E-state index is 10.0. The highest BCUT2D eigenvalue weighted by Gasteiger charge is 2.47. The summed E-state index contributed by atoms with van der Waals surface area (Å²) in [7, 11) is 0. The van der Waals surface area contributed by atoms with Crippen LogP contribution in [0.3, 0.4) is 0 Å². The summed E-state index contributed by atoms with van der Waals surface area (Å²) in [6.07, 6.45) is 0. The summed E-state index contributed by atoms with van der Waals surface area (Å²) in [4.78, 5) is 1.46. The highest BCUT2D eigenvalue weighted by Crippen LogP contribution is 2.59. The van der Waals surface area contributed by atoms with E-state index >= 15 is 0 Å². The van der Waals surface area contributed by atoms with Crippen LogP contribution in [-0.2, 0) is 5.41 Å². The molecule has 11 aromatic carbocycles. The molecule has 0 heterocycles. The Morgan fingerprint density at radius 1 is 0.303 bits per heavy atom. The number of nitrogens with zero attached hydrogens (tertiary/aromatic N) is 1. The van der Waals surface area contributed by atoms with Crippen LogP contribution in [0.4, 0.5) is 17.1 Å². The van der Waals surface area contributed by atoms with Crippen LogP contribution in [0.15, 0.2) is 273 Å². The van der Waals surface area contributed by atoms with Crippen LogP contribution in [0.1, 0.15) is 33.2 Å². The highest BCUT2D eigenvalue weighted by atomic mass is 15.1. The largest absolute Gasteiger partial charge is 0.310 e. The fraction of sp³-hybridized carbons (Fsp3) is 0.0154. The molecular formula is C65H45N. The van der Waals surface area contributed by atoms with Crippen molar-refractivity contribution in [3.8, 4) is 55.6 Å². The molecule has 1 aliphatic carbocycles. The fourth-order valence-corrected chi connectivity index (χ4v) is 9.85. The van der Waals surface area contributed by atoms with Gasteiger partial charge >= 0.3 is 0 Å². The predicted octanol–water partition coefficient (Wildman–Crippen LogP) is 17.3. The molecule has 0 aromatic heterocycles. The lowest BCUT2D eigenvalue weighted by Crippen LogP contribution is -2.28. The third-order valence-corrected chi connectivity index (χ3v) is 12.9. The van der Waals surface area contributed by atoms with Crippen molar-refractivity contribution in [3.05, 3.63) is 295 Å². The third-order valence-electron chi connectivity index (χ3n) is 12.9. The number of benzene rings is 11. The fourth-order valence-electron chi connectivity index (χ4n) is 9.85. The van der Waals surface area contributed by atoms with Crippen LogP contribution in [0.25, 0.3) is 66.4 Å². The Morgan fingerprint density at radius 3 is 1.35 bits per heavy atom. The zero-order chi connectivity index (χ0) is 50.8. The van der Waals surface area contributed by atoms with Crippen LogP contribution < -0.4 is 4.90 Å². The molecule has 0 atom stereocenters. The quantitative estimate of drug-likeness (QED) is 0.140. The molecule has 1 nitrogen and oxygen atoms in total. The molecule has 0 fully saturated rings. The maximum Gasteiger partial charge on any atom is 0.0714 e. The summed E-state index contributed by atoms with van der Waals surface area (Å²) < 4.78 is 79.2.